The number of benzene rings is 3. The number of anilines is 1. The van der Waals surface area contributed by atoms with E-state index < -0.39 is 0 Å². The van der Waals surface area contributed by atoms with Crippen molar-refractivity contribution in [3.8, 4) is 0 Å². The van der Waals surface area contributed by atoms with E-state index in [4.69, 9.17) is 0 Å². The molecule has 0 aliphatic carbocycles. The summed E-state index contributed by atoms with van der Waals surface area (Å²) in [6.07, 6.45) is 2.00. The molecule has 2 heterocycles. The Morgan fingerprint density at radius 3 is 2.50 bits per heavy atom. The van der Waals surface area contributed by atoms with Gasteiger partial charge in [-0.2, -0.15) is 0 Å². The average molecular weight is 492 g/mol. The van der Waals surface area contributed by atoms with Gasteiger partial charge in [-0.15, -0.1) is 11.3 Å². The summed E-state index contributed by atoms with van der Waals surface area (Å²) in [5.41, 5.74) is 3.34. The molecule has 1 saturated heterocycles. The quantitative estimate of drug-likeness (QED) is 0.326. The van der Waals surface area contributed by atoms with E-state index in [9.17, 15) is 14.0 Å². The van der Waals surface area contributed by atoms with Crippen LogP contribution in [-0.4, -0.2) is 34.8 Å². The van der Waals surface area contributed by atoms with Crippen molar-refractivity contribution in [1.29, 1.82) is 0 Å². The van der Waals surface area contributed by atoms with Gasteiger partial charge < -0.3 is 10.2 Å². The lowest BCUT2D eigenvalue weighted by molar-refractivity contribution is 0.0787. The Kier molecular flexibility index (Phi) is 6.60. The molecule has 2 amide bonds. The van der Waals surface area contributed by atoms with Crippen LogP contribution in [0.4, 0.5) is 10.1 Å². The molecule has 1 aliphatic rings. The lowest BCUT2D eigenvalue weighted by Gasteiger charge is -2.17. The maximum absolute atomic E-state index is 13.1. The number of aromatic nitrogens is 1. The third-order valence-electron chi connectivity index (χ3n) is 5.70. The average Bonchev–Trinajstić information content (AvgIpc) is 3.53. The van der Waals surface area contributed by atoms with Gasteiger partial charge in [-0.1, -0.05) is 36.0 Å². The van der Waals surface area contributed by atoms with Gasteiger partial charge >= 0.3 is 0 Å². The molecule has 34 heavy (non-hydrogen) atoms. The number of likely N-dealkylation sites (tertiary alicyclic amines) is 1. The van der Waals surface area contributed by atoms with Crippen molar-refractivity contribution in [1.82, 2.24) is 9.88 Å². The molecule has 0 saturated carbocycles. The molecule has 4 aromatic rings. The zero-order valence-electron chi connectivity index (χ0n) is 18.3. The third-order valence-corrected chi connectivity index (χ3v) is 7.93. The predicted octanol–water partition coefficient (Wildman–Crippen LogP) is 6.22. The third kappa shape index (κ3) is 4.98. The molecule has 0 bridgehead atoms. The second kappa shape index (κ2) is 9.95. The number of halogens is 1. The van der Waals surface area contributed by atoms with Gasteiger partial charge in [-0.3, -0.25) is 9.59 Å². The van der Waals surface area contributed by atoms with Crippen LogP contribution in [0.2, 0.25) is 0 Å². The number of nitrogens with one attached hydrogen (secondary N) is 1. The van der Waals surface area contributed by atoms with Gasteiger partial charge in [0.05, 0.1) is 21.3 Å². The van der Waals surface area contributed by atoms with Crippen LogP contribution in [0.3, 0.4) is 0 Å². The highest BCUT2D eigenvalue weighted by Gasteiger charge is 2.24. The zero-order valence-corrected chi connectivity index (χ0v) is 19.9. The molecule has 1 N–H and O–H groups in total. The van der Waals surface area contributed by atoms with Gasteiger partial charge in [0.25, 0.3) is 11.8 Å². The number of nitrogens with zero attached hydrogens (tertiary/aromatic N) is 2. The van der Waals surface area contributed by atoms with E-state index in [-0.39, 0.29) is 17.6 Å². The smallest absolute Gasteiger partial charge is 0.256 e. The Hall–Kier alpha value is -3.23. The van der Waals surface area contributed by atoms with E-state index in [2.05, 4.69) is 10.3 Å². The molecule has 5 rings (SSSR count). The highest BCUT2D eigenvalue weighted by atomic mass is 32.2. The highest BCUT2D eigenvalue weighted by Crippen LogP contribution is 2.33. The van der Waals surface area contributed by atoms with Gasteiger partial charge in [0, 0.05) is 24.5 Å². The van der Waals surface area contributed by atoms with Crippen LogP contribution in [0.15, 0.2) is 71.1 Å². The molecular weight excluding hydrogens is 469 g/mol. The number of carbonyl (C=O) groups is 2. The summed E-state index contributed by atoms with van der Waals surface area (Å²) in [6, 6.07) is 19.0. The number of hydrogen-bond acceptors (Lipinski definition) is 5. The summed E-state index contributed by atoms with van der Waals surface area (Å²) in [5, 5.41) is 2.94. The summed E-state index contributed by atoms with van der Waals surface area (Å²) in [5.74, 6) is 0.0548. The van der Waals surface area contributed by atoms with Crippen molar-refractivity contribution in [2.75, 3.05) is 18.4 Å². The molecule has 3 aromatic carbocycles. The number of rotatable bonds is 6. The molecule has 5 nitrogen and oxygen atoms in total. The molecule has 172 valence electrons. The molecule has 1 fully saturated rings. The van der Waals surface area contributed by atoms with E-state index in [1.54, 1.807) is 64.4 Å². The Morgan fingerprint density at radius 1 is 1.00 bits per heavy atom. The van der Waals surface area contributed by atoms with E-state index in [0.717, 1.165) is 46.1 Å². The topological polar surface area (TPSA) is 62.3 Å². The minimum atomic E-state index is -0.307. The van der Waals surface area contributed by atoms with Gasteiger partial charge in [-0.25, -0.2) is 9.37 Å². The lowest BCUT2D eigenvalue weighted by Crippen LogP contribution is -2.29. The van der Waals surface area contributed by atoms with E-state index in [0.29, 0.717) is 22.6 Å². The van der Waals surface area contributed by atoms with Gasteiger partial charge in [0.2, 0.25) is 0 Å². The number of hydrogen-bond donors (Lipinski definition) is 1. The van der Waals surface area contributed by atoms with Crippen LogP contribution >= 0.6 is 23.1 Å². The first-order valence-electron chi connectivity index (χ1n) is 11.0. The monoisotopic (exact) mass is 491 g/mol. The number of thioether (sulfide) groups is 1. The van der Waals surface area contributed by atoms with E-state index >= 15 is 0 Å². The van der Waals surface area contributed by atoms with Crippen molar-refractivity contribution in [2.24, 2.45) is 0 Å². The summed E-state index contributed by atoms with van der Waals surface area (Å²) in [6.45, 7) is 1.47. The first kappa shape index (κ1) is 22.6. The van der Waals surface area contributed by atoms with Crippen LogP contribution in [0, 0.1) is 5.82 Å². The van der Waals surface area contributed by atoms with Crippen LogP contribution in [0.1, 0.15) is 39.1 Å². The molecule has 0 spiro atoms. The normalized spacial score (nSPS) is 13.4. The number of carbonyl (C=O) groups excluding carboxylic acids is 2. The summed E-state index contributed by atoms with van der Waals surface area (Å²) in [7, 11) is 0. The first-order valence-corrected chi connectivity index (χ1v) is 12.8. The number of thiazole rings is 1. The van der Waals surface area contributed by atoms with Crippen LogP contribution < -0.4 is 5.32 Å². The first-order chi connectivity index (χ1) is 16.6. The van der Waals surface area contributed by atoms with E-state index in [1.807, 2.05) is 18.2 Å². The van der Waals surface area contributed by atoms with Crippen LogP contribution in [0.5, 0.6) is 0 Å². The molecule has 0 atom stereocenters. The molecule has 0 radical (unpaired) electrons. The van der Waals surface area contributed by atoms with Gasteiger partial charge in [0.1, 0.15) is 5.82 Å². The Labute approximate surface area is 205 Å². The maximum Gasteiger partial charge on any atom is 0.256 e. The van der Waals surface area contributed by atoms with Crippen molar-refractivity contribution >= 4 is 50.8 Å². The van der Waals surface area contributed by atoms with Gasteiger partial charge in [0.15, 0.2) is 4.34 Å². The van der Waals surface area contributed by atoms with Gasteiger partial charge in [-0.05, 0) is 60.9 Å². The lowest BCUT2D eigenvalue weighted by atomic mass is 10.1. The van der Waals surface area contributed by atoms with Crippen molar-refractivity contribution in [3.05, 3.63) is 89.2 Å². The fourth-order valence-electron chi connectivity index (χ4n) is 3.93. The highest BCUT2D eigenvalue weighted by molar-refractivity contribution is 8.00. The van der Waals surface area contributed by atoms with Crippen molar-refractivity contribution < 1.29 is 14.0 Å². The summed E-state index contributed by atoms with van der Waals surface area (Å²) < 4.78 is 15.0. The molecule has 1 aromatic heterocycles. The standard InChI is InChI=1S/C26H22FN3O2S2/c27-18-9-7-17(8-10-18)16-33-26-29-22-12-11-19(15-23(22)34-26)28-24(31)20-5-1-2-6-21(20)25(32)30-13-3-4-14-30/h1-2,5-12,15H,3-4,13-14,16H2,(H,28,31). The molecule has 8 heteroatoms. The Balaban J connectivity index is 1.30. The second-order valence-electron chi connectivity index (χ2n) is 8.08. The van der Waals surface area contributed by atoms with E-state index in [1.165, 1.54) is 12.1 Å². The van der Waals surface area contributed by atoms with Crippen LogP contribution in [-0.2, 0) is 5.75 Å². The fraction of sp³-hybridized carbons (Fsp3) is 0.192. The predicted molar refractivity (Wildman–Crippen MR) is 135 cm³/mol. The van der Waals surface area contributed by atoms with Crippen LogP contribution in [0.25, 0.3) is 10.2 Å². The molecule has 0 unspecified atom stereocenters. The molecule has 1 aliphatic heterocycles. The Morgan fingerprint density at radius 2 is 1.74 bits per heavy atom. The summed E-state index contributed by atoms with van der Waals surface area (Å²) >= 11 is 3.14. The maximum atomic E-state index is 13.1. The number of amides is 2. The van der Waals surface area contributed by atoms with Crippen molar-refractivity contribution in [3.63, 3.8) is 0 Å². The molecular formula is C26H22FN3O2S2. The largest absolute Gasteiger partial charge is 0.339 e. The fourth-order valence-corrected chi connectivity index (χ4v) is 5.99. The minimum Gasteiger partial charge on any atom is -0.339 e. The summed E-state index contributed by atoms with van der Waals surface area (Å²) in [4.78, 5) is 32.4. The second-order valence-corrected chi connectivity index (χ2v) is 10.3. The zero-order chi connectivity index (χ0) is 23.5. The minimum absolute atomic E-state index is 0.0935. The Bertz CT molecular complexity index is 1350. The van der Waals surface area contributed by atoms with Crippen molar-refractivity contribution in [2.45, 2.75) is 22.9 Å². The number of fused-ring (bicyclic) bond motifs is 1. The SMILES string of the molecule is O=C(Nc1ccc2nc(SCc3ccc(F)cc3)sc2c1)c1ccccc1C(=O)N1CCCC1.